The third-order valence-electron chi connectivity index (χ3n) is 2.83. The molecule has 0 aliphatic carbocycles. The van der Waals surface area contributed by atoms with E-state index in [0.29, 0.717) is 22.8 Å². The minimum Gasteiger partial charge on any atom is -0.324 e. The van der Waals surface area contributed by atoms with Crippen LogP contribution in [0, 0.1) is 0 Å². The summed E-state index contributed by atoms with van der Waals surface area (Å²) in [6.45, 7) is 0. The maximum atomic E-state index is 12.1. The van der Waals surface area contributed by atoms with Gasteiger partial charge in [0, 0.05) is 29.8 Å². The molecule has 0 radical (unpaired) electrons. The minimum atomic E-state index is -0.253. The smallest absolute Gasteiger partial charge is 0.256 e. The van der Waals surface area contributed by atoms with Crippen LogP contribution in [-0.2, 0) is 11.8 Å². The molecule has 0 atom stereocenters. The van der Waals surface area contributed by atoms with Crippen molar-refractivity contribution in [3.63, 3.8) is 0 Å². The number of hydrogen-bond acceptors (Lipinski definition) is 4. The first kappa shape index (κ1) is 12.7. The summed E-state index contributed by atoms with van der Waals surface area (Å²) in [6, 6.07) is 6.97. The second-order valence-corrected chi connectivity index (χ2v) is 5.39. The molecule has 2 N–H and O–H groups in total. The minimum absolute atomic E-state index is 0.0511. The Bertz CT molecular complexity index is 695. The Morgan fingerprint density at radius 1 is 1.45 bits per heavy atom. The van der Waals surface area contributed by atoms with Crippen LogP contribution in [0.3, 0.4) is 0 Å². The van der Waals surface area contributed by atoms with Gasteiger partial charge in [-0.05, 0) is 18.2 Å². The van der Waals surface area contributed by atoms with Gasteiger partial charge in [0.15, 0.2) is 5.82 Å². The van der Waals surface area contributed by atoms with Gasteiger partial charge in [0.05, 0.1) is 11.4 Å². The van der Waals surface area contributed by atoms with Crippen LogP contribution in [0.25, 0.3) is 0 Å². The SMILES string of the molecule is Cn1ccc(NC(=O)c2ccc3c(c2)NC(=O)CS3)n1. The molecule has 0 unspecified atom stereocenters. The fourth-order valence-corrected chi connectivity index (χ4v) is 2.68. The lowest BCUT2D eigenvalue weighted by molar-refractivity contribution is -0.113. The number of nitrogens with zero attached hydrogens (tertiary/aromatic N) is 2. The zero-order valence-corrected chi connectivity index (χ0v) is 11.5. The lowest BCUT2D eigenvalue weighted by Gasteiger charge is -2.16. The number of aromatic nitrogens is 2. The number of carbonyl (C=O) groups is 2. The second kappa shape index (κ2) is 5.01. The van der Waals surface area contributed by atoms with E-state index in [4.69, 9.17) is 0 Å². The zero-order valence-electron chi connectivity index (χ0n) is 10.7. The van der Waals surface area contributed by atoms with Crippen LogP contribution in [0.15, 0.2) is 35.4 Å². The lowest BCUT2D eigenvalue weighted by atomic mass is 10.2. The Hall–Kier alpha value is -2.28. The highest BCUT2D eigenvalue weighted by Crippen LogP contribution is 2.32. The van der Waals surface area contributed by atoms with Crippen molar-refractivity contribution in [1.82, 2.24) is 9.78 Å². The molecule has 7 heteroatoms. The molecule has 0 spiro atoms. The predicted molar refractivity (Wildman–Crippen MR) is 77.0 cm³/mol. The summed E-state index contributed by atoms with van der Waals surface area (Å²) >= 11 is 1.47. The average molecular weight is 288 g/mol. The van der Waals surface area contributed by atoms with E-state index in [9.17, 15) is 9.59 Å². The number of hydrogen-bond donors (Lipinski definition) is 2. The average Bonchev–Trinajstić information content (AvgIpc) is 2.83. The second-order valence-electron chi connectivity index (χ2n) is 4.38. The van der Waals surface area contributed by atoms with Gasteiger partial charge < -0.3 is 10.6 Å². The topological polar surface area (TPSA) is 76.0 Å². The molecule has 102 valence electrons. The molecule has 20 heavy (non-hydrogen) atoms. The van der Waals surface area contributed by atoms with Crippen LogP contribution in [0.2, 0.25) is 0 Å². The first-order chi connectivity index (χ1) is 9.61. The van der Waals surface area contributed by atoms with Crippen molar-refractivity contribution in [2.75, 3.05) is 16.4 Å². The quantitative estimate of drug-likeness (QED) is 0.882. The monoisotopic (exact) mass is 288 g/mol. The summed E-state index contributed by atoms with van der Waals surface area (Å²) < 4.78 is 1.61. The Labute approximate surface area is 119 Å². The van der Waals surface area contributed by atoms with Crippen molar-refractivity contribution < 1.29 is 9.59 Å². The Morgan fingerprint density at radius 2 is 2.30 bits per heavy atom. The predicted octanol–water partition coefficient (Wildman–Crippen LogP) is 1.72. The van der Waals surface area contributed by atoms with Crippen molar-refractivity contribution in [1.29, 1.82) is 0 Å². The van der Waals surface area contributed by atoms with Gasteiger partial charge in [-0.25, -0.2) is 0 Å². The number of anilines is 2. The van der Waals surface area contributed by atoms with Crippen LogP contribution < -0.4 is 10.6 Å². The number of fused-ring (bicyclic) bond motifs is 1. The van der Waals surface area contributed by atoms with E-state index >= 15 is 0 Å². The van der Waals surface area contributed by atoms with Gasteiger partial charge in [-0.1, -0.05) is 0 Å². The summed E-state index contributed by atoms with van der Waals surface area (Å²) in [5.41, 5.74) is 1.16. The van der Waals surface area contributed by atoms with Crippen molar-refractivity contribution in [2.24, 2.45) is 7.05 Å². The summed E-state index contributed by atoms with van der Waals surface area (Å²) in [5, 5.41) is 9.56. The largest absolute Gasteiger partial charge is 0.324 e. The molecular formula is C13H12N4O2S. The van der Waals surface area contributed by atoms with Gasteiger partial charge in [0.25, 0.3) is 5.91 Å². The summed E-state index contributed by atoms with van der Waals surface area (Å²) in [6.07, 6.45) is 1.75. The molecule has 0 saturated heterocycles. The third kappa shape index (κ3) is 2.53. The van der Waals surface area contributed by atoms with Gasteiger partial charge in [0.1, 0.15) is 0 Å². The zero-order chi connectivity index (χ0) is 14.1. The van der Waals surface area contributed by atoms with Gasteiger partial charge in [-0.2, -0.15) is 5.10 Å². The van der Waals surface area contributed by atoms with E-state index in [1.807, 2.05) is 6.07 Å². The molecular weight excluding hydrogens is 276 g/mol. The van der Waals surface area contributed by atoms with E-state index in [0.717, 1.165) is 4.90 Å². The van der Waals surface area contributed by atoms with Gasteiger partial charge in [0.2, 0.25) is 5.91 Å². The van der Waals surface area contributed by atoms with Crippen molar-refractivity contribution in [2.45, 2.75) is 4.90 Å². The molecule has 0 bridgehead atoms. The van der Waals surface area contributed by atoms with Gasteiger partial charge >= 0.3 is 0 Å². The van der Waals surface area contributed by atoms with E-state index < -0.39 is 0 Å². The van der Waals surface area contributed by atoms with E-state index in [1.54, 1.807) is 36.1 Å². The lowest BCUT2D eigenvalue weighted by Crippen LogP contribution is -2.20. The fraction of sp³-hybridized carbons (Fsp3) is 0.154. The van der Waals surface area contributed by atoms with E-state index in [2.05, 4.69) is 15.7 Å². The highest BCUT2D eigenvalue weighted by atomic mass is 32.2. The third-order valence-corrected chi connectivity index (χ3v) is 3.90. The molecule has 2 aromatic rings. The highest BCUT2D eigenvalue weighted by Gasteiger charge is 2.17. The molecule has 2 heterocycles. The summed E-state index contributed by atoms with van der Waals surface area (Å²) in [4.78, 5) is 24.4. The molecule has 0 fully saturated rings. The number of carbonyl (C=O) groups excluding carboxylic acids is 2. The van der Waals surface area contributed by atoms with Crippen molar-refractivity contribution >= 4 is 35.1 Å². The number of benzene rings is 1. The summed E-state index contributed by atoms with van der Waals surface area (Å²) in [7, 11) is 1.78. The van der Waals surface area contributed by atoms with E-state index in [-0.39, 0.29) is 11.8 Å². The molecule has 2 amide bonds. The van der Waals surface area contributed by atoms with Crippen LogP contribution >= 0.6 is 11.8 Å². The number of nitrogens with one attached hydrogen (secondary N) is 2. The Kier molecular flexibility index (Phi) is 3.19. The van der Waals surface area contributed by atoms with Crippen LogP contribution in [0.5, 0.6) is 0 Å². The van der Waals surface area contributed by atoms with Crippen LogP contribution in [-0.4, -0.2) is 27.3 Å². The van der Waals surface area contributed by atoms with Gasteiger partial charge in [-0.3, -0.25) is 14.3 Å². The molecule has 1 aliphatic rings. The maximum Gasteiger partial charge on any atom is 0.256 e. The molecule has 6 nitrogen and oxygen atoms in total. The number of rotatable bonds is 2. The molecule has 1 aromatic heterocycles. The fourth-order valence-electron chi connectivity index (χ4n) is 1.89. The van der Waals surface area contributed by atoms with Crippen LogP contribution in [0.1, 0.15) is 10.4 Å². The number of aryl methyl sites for hydroxylation is 1. The summed E-state index contributed by atoms with van der Waals surface area (Å²) in [5.74, 6) is 0.599. The molecule has 1 aliphatic heterocycles. The van der Waals surface area contributed by atoms with E-state index in [1.165, 1.54) is 11.8 Å². The first-order valence-electron chi connectivity index (χ1n) is 5.99. The van der Waals surface area contributed by atoms with Gasteiger partial charge in [-0.15, -0.1) is 11.8 Å². The van der Waals surface area contributed by atoms with Crippen molar-refractivity contribution in [3.8, 4) is 0 Å². The standard InChI is InChI=1S/C13H12N4O2S/c1-17-5-4-11(16-17)15-13(19)8-2-3-10-9(6-8)14-12(18)7-20-10/h2-6H,7H2,1H3,(H,14,18)(H,15,16,19). The van der Waals surface area contributed by atoms with Crippen LogP contribution in [0.4, 0.5) is 11.5 Å². The van der Waals surface area contributed by atoms with Crippen molar-refractivity contribution in [3.05, 3.63) is 36.0 Å². The normalized spacial score (nSPS) is 13.6. The molecule has 0 saturated carbocycles. The molecule has 3 rings (SSSR count). The highest BCUT2D eigenvalue weighted by molar-refractivity contribution is 8.00. The first-order valence-corrected chi connectivity index (χ1v) is 6.98. The molecule has 1 aromatic carbocycles. The number of thioether (sulfide) groups is 1. The Balaban J connectivity index is 1.81. The Morgan fingerprint density at radius 3 is 3.05 bits per heavy atom. The maximum absolute atomic E-state index is 12.1. The number of amides is 2.